The molecule has 0 atom stereocenters. The van der Waals surface area contributed by atoms with Crippen molar-refractivity contribution < 1.29 is 9.59 Å². The fourth-order valence-corrected chi connectivity index (χ4v) is 4.62. The summed E-state index contributed by atoms with van der Waals surface area (Å²) >= 11 is 5.70. The van der Waals surface area contributed by atoms with E-state index in [4.69, 9.17) is 11.6 Å². The number of carbonyl (C=O) groups is 2. The Kier molecular flexibility index (Phi) is 7.79. The number of halogens is 1. The molecule has 0 fully saturated rings. The van der Waals surface area contributed by atoms with E-state index >= 15 is 0 Å². The summed E-state index contributed by atoms with van der Waals surface area (Å²) < 4.78 is 0. The molecule has 2 heterocycles. The maximum atomic E-state index is 13.4. The first-order valence-corrected chi connectivity index (χ1v) is 13.4. The molecule has 1 aliphatic heterocycles. The van der Waals surface area contributed by atoms with Crippen LogP contribution in [0.2, 0.25) is 0 Å². The van der Waals surface area contributed by atoms with Gasteiger partial charge in [0.05, 0.1) is 11.3 Å². The monoisotopic (exact) mass is 552 g/mol. The lowest BCUT2D eigenvalue weighted by Gasteiger charge is -2.18. The van der Waals surface area contributed by atoms with Gasteiger partial charge in [0.15, 0.2) is 0 Å². The Morgan fingerprint density at radius 1 is 0.975 bits per heavy atom. The van der Waals surface area contributed by atoms with Crippen molar-refractivity contribution in [1.29, 1.82) is 0 Å². The fourth-order valence-electron chi connectivity index (χ4n) is 4.44. The first-order chi connectivity index (χ1) is 19.3. The van der Waals surface area contributed by atoms with Gasteiger partial charge in [-0.15, -0.1) is 11.6 Å². The molecule has 9 heteroatoms. The van der Waals surface area contributed by atoms with E-state index in [1.165, 1.54) is 4.90 Å². The van der Waals surface area contributed by atoms with Crippen LogP contribution in [0.4, 0.5) is 23.0 Å². The summed E-state index contributed by atoms with van der Waals surface area (Å²) in [4.78, 5) is 35.7. The van der Waals surface area contributed by atoms with Crippen molar-refractivity contribution in [3.8, 4) is 11.1 Å². The van der Waals surface area contributed by atoms with Crippen LogP contribution in [0, 0.1) is 0 Å². The minimum atomic E-state index is -0.199. The van der Waals surface area contributed by atoms with Gasteiger partial charge in [0, 0.05) is 53.7 Å². The number of nitrogens with one attached hydrogen (secondary N) is 3. The van der Waals surface area contributed by atoms with Gasteiger partial charge in [0.1, 0.15) is 5.88 Å². The highest BCUT2D eigenvalue weighted by atomic mass is 35.5. The quantitative estimate of drug-likeness (QED) is 0.180. The zero-order chi connectivity index (χ0) is 28.2. The minimum absolute atomic E-state index is 0.0926. The van der Waals surface area contributed by atoms with Crippen LogP contribution in [0.15, 0.2) is 85.2 Å². The third-order valence-corrected chi connectivity index (χ3v) is 6.72. The van der Waals surface area contributed by atoms with E-state index in [1.54, 1.807) is 19.4 Å². The van der Waals surface area contributed by atoms with Gasteiger partial charge in [-0.25, -0.2) is 9.97 Å². The molecule has 4 aromatic rings. The molecule has 0 bridgehead atoms. The average molecular weight is 553 g/mol. The molecule has 1 aliphatic rings. The van der Waals surface area contributed by atoms with E-state index in [1.807, 2.05) is 86.6 Å². The molecule has 0 aliphatic carbocycles. The van der Waals surface area contributed by atoms with Crippen LogP contribution in [0.3, 0.4) is 0 Å². The van der Waals surface area contributed by atoms with E-state index in [0.717, 1.165) is 33.6 Å². The Hall–Kier alpha value is -4.69. The molecule has 3 N–H and O–H groups in total. The topological polar surface area (TPSA) is 99.2 Å². The number of nitrogens with zero attached hydrogens (tertiary/aromatic N) is 3. The van der Waals surface area contributed by atoms with Crippen molar-refractivity contribution >= 4 is 57.7 Å². The van der Waals surface area contributed by atoms with E-state index < -0.39 is 0 Å². The predicted molar refractivity (Wildman–Crippen MR) is 162 cm³/mol. The number of anilines is 4. The standard InChI is InChI=1S/C31H29ClN6O2/c1-19(2)35-31-33-17-22(18-34-31)21-9-14-25-26(15-21)37-30(40)28(25)29(20-7-5-4-6-8-20)36-23-10-12-24(13-11-23)38(3)27(39)16-32/h4-15,17-19,36H,16H2,1-3H3,(H,37,40)(H,33,34,35)/b29-28-. The fraction of sp³-hybridized carbons (Fsp3) is 0.161. The van der Waals surface area contributed by atoms with Crippen molar-refractivity contribution in [3.63, 3.8) is 0 Å². The zero-order valence-electron chi connectivity index (χ0n) is 22.4. The van der Waals surface area contributed by atoms with Crippen LogP contribution < -0.4 is 20.9 Å². The van der Waals surface area contributed by atoms with Gasteiger partial charge in [-0.3, -0.25) is 9.59 Å². The maximum absolute atomic E-state index is 13.4. The first-order valence-electron chi connectivity index (χ1n) is 12.9. The summed E-state index contributed by atoms with van der Waals surface area (Å²) in [6.45, 7) is 4.06. The SMILES string of the molecule is CC(C)Nc1ncc(-c2ccc3c(c2)NC(=O)/C3=C(\Nc2ccc(N(C)C(=O)CCl)cc2)c2ccccc2)cn1. The molecule has 0 saturated carbocycles. The Labute approximate surface area is 238 Å². The van der Waals surface area contributed by atoms with Crippen molar-refractivity contribution in [1.82, 2.24) is 9.97 Å². The van der Waals surface area contributed by atoms with Gasteiger partial charge in [-0.2, -0.15) is 0 Å². The number of rotatable bonds is 8. The van der Waals surface area contributed by atoms with Gasteiger partial charge < -0.3 is 20.9 Å². The smallest absolute Gasteiger partial charge is 0.258 e. The summed E-state index contributed by atoms with van der Waals surface area (Å²) in [6.07, 6.45) is 3.54. The van der Waals surface area contributed by atoms with Crippen LogP contribution in [-0.2, 0) is 9.59 Å². The minimum Gasteiger partial charge on any atom is -0.354 e. The summed E-state index contributed by atoms with van der Waals surface area (Å²) in [6, 6.07) is 23.2. The maximum Gasteiger partial charge on any atom is 0.258 e. The van der Waals surface area contributed by atoms with Crippen LogP contribution in [0.25, 0.3) is 22.4 Å². The number of alkyl halides is 1. The number of aromatic nitrogens is 2. The third-order valence-electron chi connectivity index (χ3n) is 6.49. The molecular weight excluding hydrogens is 524 g/mol. The Morgan fingerprint density at radius 3 is 2.33 bits per heavy atom. The number of amides is 2. The lowest BCUT2D eigenvalue weighted by molar-refractivity contribution is -0.116. The van der Waals surface area contributed by atoms with Crippen LogP contribution in [-0.4, -0.2) is 40.8 Å². The Balaban J connectivity index is 1.50. The van der Waals surface area contributed by atoms with Gasteiger partial charge in [-0.05, 0) is 55.3 Å². The highest BCUT2D eigenvalue weighted by molar-refractivity contribution is 6.37. The van der Waals surface area contributed by atoms with Gasteiger partial charge in [0.2, 0.25) is 11.9 Å². The summed E-state index contributed by atoms with van der Waals surface area (Å²) in [5.74, 6) is 0.0884. The Morgan fingerprint density at radius 2 is 1.68 bits per heavy atom. The van der Waals surface area contributed by atoms with E-state index in [9.17, 15) is 9.59 Å². The molecule has 3 aromatic carbocycles. The van der Waals surface area contributed by atoms with Gasteiger partial charge in [-0.1, -0.05) is 42.5 Å². The summed E-state index contributed by atoms with van der Waals surface area (Å²) in [5.41, 5.74) is 6.83. The normalized spacial score (nSPS) is 13.5. The molecule has 202 valence electrons. The second-order valence-corrected chi connectivity index (χ2v) is 9.95. The molecule has 0 unspecified atom stereocenters. The number of hydrogen-bond donors (Lipinski definition) is 3. The molecule has 1 aromatic heterocycles. The number of carbonyl (C=O) groups excluding carboxylic acids is 2. The zero-order valence-corrected chi connectivity index (χ0v) is 23.2. The third kappa shape index (κ3) is 5.67. The first kappa shape index (κ1) is 26.9. The number of benzene rings is 3. The molecule has 0 spiro atoms. The van der Waals surface area contributed by atoms with E-state index in [0.29, 0.717) is 22.9 Å². The summed E-state index contributed by atoms with van der Waals surface area (Å²) in [5, 5.41) is 9.66. The van der Waals surface area contributed by atoms with E-state index in [2.05, 4.69) is 25.9 Å². The van der Waals surface area contributed by atoms with Crippen LogP contribution >= 0.6 is 11.6 Å². The molecular formula is C31H29ClN6O2. The number of fused-ring (bicyclic) bond motifs is 1. The lowest BCUT2D eigenvalue weighted by atomic mass is 9.98. The predicted octanol–water partition coefficient (Wildman–Crippen LogP) is 6.10. The molecule has 5 rings (SSSR count). The van der Waals surface area contributed by atoms with Gasteiger partial charge in [0.25, 0.3) is 5.91 Å². The highest BCUT2D eigenvalue weighted by Crippen LogP contribution is 2.39. The van der Waals surface area contributed by atoms with Crippen molar-refractivity contribution in [2.75, 3.05) is 33.8 Å². The molecule has 0 radical (unpaired) electrons. The molecule has 2 amide bonds. The molecule has 0 saturated heterocycles. The Bertz CT molecular complexity index is 1570. The molecule has 8 nitrogen and oxygen atoms in total. The van der Waals surface area contributed by atoms with Crippen molar-refractivity contribution in [2.45, 2.75) is 19.9 Å². The second kappa shape index (κ2) is 11.6. The van der Waals surface area contributed by atoms with E-state index in [-0.39, 0.29) is 23.7 Å². The average Bonchev–Trinajstić information content (AvgIpc) is 3.30. The molecule has 40 heavy (non-hydrogen) atoms. The van der Waals surface area contributed by atoms with Crippen LogP contribution in [0.5, 0.6) is 0 Å². The lowest BCUT2D eigenvalue weighted by Crippen LogP contribution is -2.27. The van der Waals surface area contributed by atoms with Crippen LogP contribution in [0.1, 0.15) is 25.0 Å². The number of hydrogen-bond acceptors (Lipinski definition) is 6. The largest absolute Gasteiger partial charge is 0.354 e. The summed E-state index contributed by atoms with van der Waals surface area (Å²) in [7, 11) is 1.68. The van der Waals surface area contributed by atoms with Crippen molar-refractivity contribution in [3.05, 3.63) is 96.3 Å². The highest BCUT2D eigenvalue weighted by Gasteiger charge is 2.29. The van der Waals surface area contributed by atoms with Crippen molar-refractivity contribution in [2.24, 2.45) is 0 Å². The van der Waals surface area contributed by atoms with Gasteiger partial charge >= 0.3 is 0 Å². The second-order valence-electron chi connectivity index (χ2n) is 9.68.